The van der Waals surface area contributed by atoms with Crippen LogP contribution in [0.5, 0.6) is 5.75 Å². The number of nitrogens with two attached hydrogens (primary N) is 1. The van der Waals surface area contributed by atoms with E-state index in [2.05, 4.69) is 0 Å². The smallest absolute Gasteiger partial charge is 0.270 e. The molecule has 0 bridgehead atoms. The summed E-state index contributed by atoms with van der Waals surface area (Å²) in [5, 5.41) is 20.3. The Morgan fingerprint density at radius 3 is 2.63 bits per heavy atom. The Bertz CT molecular complexity index is 487. The van der Waals surface area contributed by atoms with Gasteiger partial charge >= 0.3 is 0 Å². The van der Waals surface area contributed by atoms with E-state index in [1.54, 1.807) is 6.92 Å². The first-order valence-electron chi connectivity index (χ1n) is 5.79. The fraction of sp³-hybridized carbons (Fsp3) is 0.417. The summed E-state index contributed by atoms with van der Waals surface area (Å²) in [5.41, 5.74) is 5.25. The predicted molar refractivity (Wildman–Crippen MR) is 67.6 cm³/mol. The van der Waals surface area contributed by atoms with Crippen LogP contribution in [0, 0.1) is 10.1 Å². The van der Waals surface area contributed by atoms with Gasteiger partial charge in [0.15, 0.2) is 6.10 Å². The van der Waals surface area contributed by atoms with E-state index >= 15 is 0 Å². The van der Waals surface area contributed by atoms with Gasteiger partial charge in [-0.3, -0.25) is 14.9 Å². The molecule has 7 nitrogen and oxygen atoms in total. The molecule has 2 atom stereocenters. The zero-order chi connectivity index (χ0) is 14.6. The van der Waals surface area contributed by atoms with Crippen LogP contribution in [-0.4, -0.2) is 22.0 Å². The summed E-state index contributed by atoms with van der Waals surface area (Å²) in [5.74, 6) is -0.413. The summed E-state index contributed by atoms with van der Waals surface area (Å²) in [6.07, 6.45) is -1.43. The van der Waals surface area contributed by atoms with E-state index in [0.29, 0.717) is 6.42 Å². The van der Waals surface area contributed by atoms with E-state index in [1.807, 2.05) is 0 Å². The number of benzene rings is 1. The predicted octanol–water partition coefficient (Wildman–Crippen LogP) is 1.29. The summed E-state index contributed by atoms with van der Waals surface area (Å²) in [7, 11) is 0. The molecule has 0 saturated heterocycles. The second kappa shape index (κ2) is 6.14. The highest BCUT2D eigenvalue weighted by Crippen LogP contribution is 2.30. The van der Waals surface area contributed by atoms with Crippen molar-refractivity contribution < 1.29 is 19.6 Å². The number of hydrogen-bond donors (Lipinski definition) is 2. The third-order valence-electron chi connectivity index (χ3n) is 2.61. The zero-order valence-corrected chi connectivity index (χ0v) is 10.7. The van der Waals surface area contributed by atoms with Gasteiger partial charge in [-0.15, -0.1) is 0 Å². The van der Waals surface area contributed by atoms with Gasteiger partial charge in [-0.05, 0) is 19.4 Å². The van der Waals surface area contributed by atoms with Crippen LogP contribution in [0.15, 0.2) is 18.2 Å². The number of aliphatic hydroxyl groups excluding tert-OH is 1. The minimum Gasteiger partial charge on any atom is -0.480 e. The van der Waals surface area contributed by atoms with Gasteiger partial charge in [-0.2, -0.15) is 0 Å². The highest BCUT2D eigenvalue weighted by atomic mass is 16.6. The van der Waals surface area contributed by atoms with Gasteiger partial charge in [-0.25, -0.2) is 0 Å². The number of nitro groups is 1. The Morgan fingerprint density at radius 2 is 2.21 bits per heavy atom. The van der Waals surface area contributed by atoms with Crippen molar-refractivity contribution in [2.45, 2.75) is 32.5 Å². The minimum absolute atomic E-state index is 0.157. The number of amides is 1. The van der Waals surface area contributed by atoms with Gasteiger partial charge in [0.2, 0.25) is 0 Å². The molecule has 0 radical (unpaired) electrons. The molecule has 0 spiro atoms. The van der Waals surface area contributed by atoms with Gasteiger partial charge in [0.25, 0.3) is 11.6 Å². The van der Waals surface area contributed by atoms with E-state index < -0.39 is 23.0 Å². The Labute approximate surface area is 110 Å². The van der Waals surface area contributed by atoms with Gasteiger partial charge < -0.3 is 15.6 Å². The third kappa shape index (κ3) is 3.65. The number of nitrogens with zero attached hydrogens (tertiary/aromatic N) is 1. The van der Waals surface area contributed by atoms with E-state index in [1.165, 1.54) is 25.1 Å². The van der Waals surface area contributed by atoms with E-state index in [-0.39, 0.29) is 17.0 Å². The molecular weight excluding hydrogens is 252 g/mol. The van der Waals surface area contributed by atoms with Crippen molar-refractivity contribution >= 4 is 11.6 Å². The first kappa shape index (κ1) is 14.9. The van der Waals surface area contributed by atoms with Crippen molar-refractivity contribution in [2.75, 3.05) is 0 Å². The van der Waals surface area contributed by atoms with Gasteiger partial charge in [0, 0.05) is 17.7 Å². The number of hydrogen-bond acceptors (Lipinski definition) is 5. The molecule has 19 heavy (non-hydrogen) atoms. The molecule has 1 amide bonds. The molecule has 1 rings (SSSR count). The van der Waals surface area contributed by atoms with Crippen molar-refractivity contribution in [1.29, 1.82) is 0 Å². The Morgan fingerprint density at radius 1 is 1.58 bits per heavy atom. The molecule has 7 heteroatoms. The second-order valence-corrected chi connectivity index (χ2v) is 4.07. The average molecular weight is 268 g/mol. The first-order valence-corrected chi connectivity index (χ1v) is 5.79. The van der Waals surface area contributed by atoms with Crippen LogP contribution < -0.4 is 10.5 Å². The standard InChI is InChI=1S/C12H16N2O5/c1-3-10(12(13)16)19-11-5-4-8(14(17)18)6-9(11)7(2)15/h4-7,10,15H,3H2,1-2H3,(H2,13,16)/t7-,10?/m1/s1. The summed E-state index contributed by atoms with van der Waals surface area (Å²) in [6.45, 7) is 3.18. The monoisotopic (exact) mass is 268 g/mol. The summed E-state index contributed by atoms with van der Waals surface area (Å²) >= 11 is 0. The molecule has 0 aliphatic heterocycles. The number of primary amides is 1. The van der Waals surface area contributed by atoms with Crippen molar-refractivity contribution in [3.8, 4) is 5.75 Å². The van der Waals surface area contributed by atoms with Crippen LogP contribution in [0.25, 0.3) is 0 Å². The maximum absolute atomic E-state index is 11.1. The molecule has 0 fully saturated rings. The fourth-order valence-corrected chi connectivity index (χ4v) is 1.58. The maximum Gasteiger partial charge on any atom is 0.270 e. The first-order chi connectivity index (χ1) is 8.86. The lowest BCUT2D eigenvalue weighted by molar-refractivity contribution is -0.385. The number of carbonyl (C=O) groups is 1. The Balaban J connectivity index is 3.13. The largest absolute Gasteiger partial charge is 0.480 e. The van der Waals surface area contributed by atoms with Gasteiger partial charge in [0.1, 0.15) is 5.75 Å². The number of aliphatic hydroxyl groups is 1. The number of rotatable bonds is 6. The molecule has 1 aromatic carbocycles. The lowest BCUT2D eigenvalue weighted by atomic mass is 10.1. The Hall–Kier alpha value is -2.15. The summed E-state index contributed by atoms with van der Waals surface area (Å²) in [6, 6.07) is 3.81. The van der Waals surface area contributed by atoms with Gasteiger partial charge in [0.05, 0.1) is 11.0 Å². The molecule has 1 unspecified atom stereocenters. The zero-order valence-electron chi connectivity index (χ0n) is 10.7. The highest BCUT2D eigenvalue weighted by molar-refractivity contribution is 5.79. The topological polar surface area (TPSA) is 116 Å². The number of non-ortho nitro benzene ring substituents is 1. The lowest BCUT2D eigenvalue weighted by Crippen LogP contribution is -2.33. The lowest BCUT2D eigenvalue weighted by Gasteiger charge is -2.18. The highest BCUT2D eigenvalue weighted by Gasteiger charge is 2.20. The van der Waals surface area contributed by atoms with E-state index in [4.69, 9.17) is 10.5 Å². The Kier molecular flexibility index (Phi) is 4.82. The number of ether oxygens (including phenoxy) is 1. The molecule has 104 valence electrons. The van der Waals surface area contributed by atoms with Crippen LogP contribution in [-0.2, 0) is 4.79 Å². The minimum atomic E-state index is -0.958. The van der Waals surface area contributed by atoms with Crippen LogP contribution in [0.4, 0.5) is 5.69 Å². The molecule has 3 N–H and O–H groups in total. The molecule has 0 saturated carbocycles. The maximum atomic E-state index is 11.1. The van der Waals surface area contributed by atoms with Crippen molar-refractivity contribution in [3.63, 3.8) is 0 Å². The molecule has 0 aliphatic rings. The summed E-state index contributed by atoms with van der Waals surface area (Å²) in [4.78, 5) is 21.2. The number of nitro benzene ring substituents is 1. The normalized spacial score (nSPS) is 13.6. The van der Waals surface area contributed by atoms with E-state index in [9.17, 15) is 20.0 Å². The van der Waals surface area contributed by atoms with Gasteiger partial charge in [-0.1, -0.05) is 6.92 Å². The van der Waals surface area contributed by atoms with Crippen LogP contribution in [0.2, 0.25) is 0 Å². The molecule has 0 heterocycles. The van der Waals surface area contributed by atoms with Crippen LogP contribution in [0.1, 0.15) is 31.9 Å². The molecular formula is C12H16N2O5. The van der Waals surface area contributed by atoms with Crippen molar-refractivity contribution in [3.05, 3.63) is 33.9 Å². The van der Waals surface area contributed by atoms with Crippen LogP contribution in [0.3, 0.4) is 0 Å². The molecule has 0 aliphatic carbocycles. The van der Waals surface area contributed by atoms with Crippen molar-refractivity contribution in [1.82, 2.24) is 0 Å². The molecule has 1 aromatic rings. The van der Waals surface area contributed by atoms with Crippen molar-refractivity contribution in [2.24, 2.45) is 5.73 Å². The summed E-state index contributed by atoms with van der Waals surface area (Å²) < 4.78 is 5.40. The quantitative estimate of drug-likeness (QED) is 0.595. The fourth-order valence-electron chi connectivity index (χ4n) is 1.58. The van der Waals surface area contributed by atoms with E-state index in [0.717, 1.165) is 0 Å². The second-order valence-electron chi connectivity index (χ2n) is 4.07. The SMILES string of the molecule is CCC(Oc1ccc([N+](=O)[O-])cc1[C@@H](C)O)C(N)=O. The van der Waals surface area contributed by atoms with Crippen LogP contribution >= 0.6 is 0 Å². The number of carbonyl (C=O) groups excluding carboxylic acids is 1. The third-order valence-corrected chi connectivity index (χ3v) is 2.61. The molecule has 0 aromatic heterocycles. The average Bonchev–Trinajstić information content (AvgIpc) is 2.35.